The Hall–Kier alpha value is -4.58. The number of carbonyl (C=O) groups is 1. The van der Waals surface area contributed by atoms with Gasteiger partial charge in [-0.05, 0) is 60.2 Å². The van der Waals surface area contributed by atoms with Crippen molar-refractivity contribution in [3.8, 4) is 16.9 Å². The molecule has 0 aliphatic heterocycles. The second-order valence-electron chi connectivity index (χ2n) is 9.63. The first-order valence-corrected chi connectivity index (χ1v) is 13.4. The largest absolute Gasteiger partial charge is 0.495 e. The Bertz CT molecular complexity index is 1560. The first kappa shape index (κ1) is 26.0. The third-order valence-electron chi connectivity index (χ3n) is 6.98. The van der Waals surface area contributed by atoms with Crippen molar-refractivity contribution in [1.29, 1.82) is 0 Å². The molecule has 6 heteroatoms. The Balaban J connectivity index is 1.39. The number of fused-ring (bicyclic) bond motifs is 1. The van der Waals surface area contributed by atoms with Crippen LogP contribution in [-0.2, 0) is 12.8 Å². The highest BCUT2D eigenvalue weighted by molar-refractivity contribution is 6.05. The van der Waals surface area contributed by atoms with Crippen molar-refractivity contribution in [2.75, 3.05) is 30.9 Å². The normalized spacial score (nSPS) is 10.9. The number of aryl methyl sites for hydroxylation is 2. The molecule has 0 unspecified atom stereocenters. The summed E-state index contributed by atoms with van der Waals surface area (Å²) >= 11 is 0. The van der Waals surface area contributed by atoms with Crippen LogP contribution in [0.15, 0.2) is 97.2 Å². The van der Waals surface area contributed by atoms with Crippen LogP contribution >= 0.6 is 0 Å². The molecule has 0 fully saturated rings. The summed E-state index contributed by atoms with van der Waals surface area (Å²) in [5.74, 6) is 1.43. The van der Waals surface area contributed by atoms with Gasteiger partial charge in [-0.15, -0.1) is 0 Å². The van der Waals surface area contributed by atoms with Gasteiger partial charge >= 0.3 is 0 Å². The zero-order valence-corrected chi connectivity index (χ0v) is 22.7. The van der Waals surface area contributed by atoms with E-state index in [1.54, 1.807) is 7.11 Å². The van der Waals surface area contributed by atoms with Crippen LogP contribution in [0.5, 0.6) is 5.75 Å². The fraction of sp³-hybridized carbons (Fsp3) is 0.212. The van der Waals surface area contributed by atoms with E-state index in [0.717, 1.165) is 54.1 Å². The molecule has 0 aliphatic rings. The zero-order valence-electron chi connectivity index (χ0n) is 22.7. The Morgan fingerprint density at radius 3 is 2.41 bits per heavy atom. The summed E-state index contributed by atoms with van der Waals surface area (Å²) in [6.07, 6.45) is 4.73. The first-order chi connectivity index (χ1) is 19.1. The number of hydrogen-bond donors (Lipinski definition) is 1. The van der Waals surface area contributed by atoms with Crippen molar-refractivity contribution >= 4 is 23.1 Å². The SMILES string of the molecule is CCc1nc2ccc(C(=O)Nc3cc(-c4ccccc4)ccc3OC)cn2c1N(C)CCCc1ccccc1. The molecular formula is C33H34N4O2. The molecule has 5 aromatic rings. The van der Waals surface area contributed by atoms with Crippen LogP contribution in [0.4, 0.5) is 11.5 Å². The van der Waals surface area contributed by atoms with Crippen molar-refractivity contribution in [3.05, 3.63) is 114 Å². The smallest absolute Gasteiger partial charge is 0.257 e. The fourth-order valence-electron chi connectivity index (χ4n) is 4.94. The van der Waals surface area contributed by atoms with Gasteiger partial charge in [0.1, 0.15) is 17.2 Å². The summed E-state index contributed by atoms with van der Waals surface area (Å²) in [7, 11) is 3.71. The molecule has 39 heavy (non-hydrogen) atoms. The van der Waals surface area contributed by atoms with E-state index in [-0.39, 0.29) is 5.91 Å². The quantitative estimate of drug-likeness (QED) is 0.219. The lowest BCUT2D eigenvalue weighted by Crippen LogP contribution is -2.22. The molecule has 3 aromatic carbocycles. The Labute approximate surface area is 229 Å². The molecule has 1 amide bonds. The van der Waals surface area contributed by atoms with Gasteiger partial charge in [0.2, 0.25) is 0 Å². The summed E-state index contributed by atoms with van der Waals surface area (Å²) < 4.78 is 7.58. The minimum atomic E-state index is -0.204. The number of carbonyl (C=O) groups excluding carboxylic acids is 1. The number of hydrogen-bond acceptors (Lipinski definition) is 4. The van der Waals surface area contributed by atoms with Crippen LogP contribution in [0.1, 0.15) is 35.0 Å². The van der Waals surface area contributed by atoms with E-state index in [2.05, 4.69) is 48.5 Å². The number of imidazole rings is 1. The fourth-order valence-corrected chi connectivity index (χ4v) is 4.94. The molecular weight excluding hydrogens is 484 g/mol. The summed E-state index contributed by atoms with van der Waals surface area (Å²) in [4.78, 5) is 20.5. The molecule has 0 atom stereocenters. The number of aromatic nitrogens is 2. The predicted molar refractivity (Wildman–Crippen MR) is 159 cm³/mol. The van der Waals surface area contributed by atoms with Crippen molar-refractivity contribution in [2.45, 2.75) is 26.2 Å². The van der Waals surface area contributed by atoms with Gasteiger partial charge in [-0.25, -0.2) is 4.98 Å². The van der Waals surface area contributed by atoms with Gasteiger partial charge in [-0.3, -0.25) is 9.20 Å². The highest BCUT2D eigenvalue weighted by Crippen LogP contribution is 2.31. The minimum Gasteiger partial charge on any atom is -0.495 e. The van der Waals surface area contributed by atoms with Gasteiger partial charge in [-0.1, -0.05) is 73.7 Å². The Morgan fingerprint density at radius 2 is 1.69 bits per heavy atom. The number of benzene rings is 3. The van der Waals surface area contributed by atoms with Crippen molar-refractivity contribution in [3.63, 3.8) is 0 Å². The third kappa shape index (κ3) is 5.80. The van der Waals surface area contributed by atoms with Gasteiger partial charge in [0.05, 0.1) is 24.1 Å². The second-order valence-corrected chi connectivity index (χ2v) is 9.63. The molecule has 2 aromatic heterocycles. The van der Waals surface area contributed by atoms with E-state index >= 15 is 0 Å². The van der Waals surface area contributed by atoms with Gasteiger partial charge in [0.25, 0.3) is 5.91 Å². The number of nitrogens with zero attached hydrogens (tertiary/aromatic N) is 3. The van der Waals surface area contributed by atoms with Crippen LogP contribution in [0.2, 0.25) is 0 Å². The van der Waals surface area contributed by atoms with E-state index in [1.807, 2.05) is 77.3 Å². The molecule has 0 spiro atoms. The van der Waals surface area contributed by atoms with E-state index in [4.69, 9.17) is 9.72 Å². The lowest BCUT2D eigenvalue weighted by Gasteiger charge is -2.20. The molecule has 0 aliphatic carbocycles. The minimum absolute atomic E-state index is 0.204. The highest BCUT2D eigenvalue weighted by Gasteiger charge is 2.18. The van der Waals surface area contributed by atoms with Crippen LogP contribution in [0, 0.1) is 0 Å². The van der Waals surface area contributed by atoms with Crippen molar-refractivity contribution in [2.24, 2.45) is 0 Å². The molecule has 0 radical (unpaired) electrons. The monoisotopic (exact) mass is 518 g/mol. The summed E-state index contributed by atoms with van der Waals surface area (Å²) in [5.41, 5.74) is 6.44. The maximum atomic E-state index is 13.4. The standard InChI is InChI=1S/C33H34N4O2/c1-4-28-33(36(2)21-11-14-24-12-7-5-8-13-24)37-23-27(18-20-31(37)34-28)32(38)35-29-22-26(17-19-30(29)39-3)25-15-9-6-10-16-25/h5-10,12-13,15-20,22-23H,4,11,14,21H2,1-3H3,(H,35,38). The first-order valence-electron chi connectivity index (χ1n) is 13.4. The molecule has 0 saturated carbocycles. The van der Waals surface area contributed by atoms with Crippen LogP contribution in [0.3, 0.4) is 0 Å². The number of amides is 1. The van der Waals surface area contributed by atoms with Crippen LogP contribution in [-0.4, -0.2) is 36.0 Å². The maximum absolute atomic E-state index is 13.4. The van der Waals surface area contributed by atoms with Crippen molar-refractivity contribution < 1.29 is 9.53 Å². The molecule has 5 rings (SSSR count). The Kier molecular flexibility index (Phi) is 7.92. The van der Waals surface area contributed by atoms with Gasteiger partial charge in [-0.2, -0.15) is 0 Å². The maximum Gasteiger partial charge on any atom is 0.257 e. The summed E-state index contributed by atoms with van der Waals surface area (Å²) in [6.45, 7) is 3.00. The van der Waals surface area contributed by atoms with Gasteiger partial charge < -0.3 is 15.0 Å². The van der Waals surface area contributed by atoms with Gasteiger partial charge in [0, 0.05) is 19.8 Å². The van der Waals surface area contributed by atoms with Crippen molar-refractivity contribution in [1.82, 2.24) is 9.38 Å². The number of methoxy groups -OCH3 is 1. The van der Waals surface area contributed by atoms with E-state index < -0.39 is 0 Å². The number of rotatable bonds is 10. The van der Waals surface area contributed by atoms with E-state index in [9.17, 15) is 4.79 Å². The lowest BCUT2D eigenvalue weighted by molar-refractivity contribution is 0.102. The third-order valence-corrected chi connectivity index (χ3v) is 6.98. The van der Waals surface area contributed by atoms with Gasteiger partial charge in [0.15, 0.2) is 0 Å². The average Bonchev–Trinajstić information content (AvgIpc) is 3.36. The number of ether oxygens (including phenoxy) is 1. The predicted octanol–water partition coefficient (Wildman–Crippen LogP) is 6.89. The Morgan fingerprint density at radius 1 is 0.949 bits per heavy atom. The molecule has 6 nitrogen and oxygen atoms in total. The summed E-state index contributed by atoms with van der Waals surface area (Å²) in [5, 5.41) is 3.06. The number of anilines is 2. The molecule has 198 valence electrons. The summed E-state index contributed by atoms with van der Waals surface area (Å²) in [6, 6.07) is 30.2. The van der Waals surface area contributed by atoms with E-state index in [0.29, 0.717) is 17.0 Å². The molecule has 1 N–H and O–H groups in total. The second kappa shape index (κ2) is 11.9. The van der Waals surface area contributed by atoms with Crippen LogP contribution < -0.4 is 15.0 Å². The van der Waals surface area contributed by atoms with E-state index in [1.165, 1.54) is 5.56 Å². The topological polar surface area (TPSA) is 58.9 Å². The number of pyridine rings is 1. The number of nitrogens with one attached hydrogen (secondary N) is 1. The molecule has 2 heterocycles. The lowest BCUT2D eigenvalue weighted by atomic mass is 10.0. The molecule has 0 bridgehead atoms. The highest BCUT2D eigenvalue weighted by atomic mass is 16.5. The zero-order chi connectivity index (χ0) is 27.2. The average molecular weight is 519 g/mol. The molecule has 0 saturated heterocycles. The van der Waals surface area contributed by atoms with Crippen LogP contribution in [0.25, 0.3) is 16.8 Å².